The van der Waals surface area contributed by atoms with E-state index >= 15 is 0 Å². The molecule has 1 heterocycles. The fourth-order valence-electron chi connectivity index (χ4n) is 2.90. The number of imidazole rings is 1. The van der Waals surface area contributed by atoms with E-state index in [1.165, 1.54) is 77.0 Å². The van der Waals surface area contributed by atoms with Crippen LogP contribution in [-0.2, 0) is 22.9 Å². The molecule has 0 spiro atoms. The Morgan fingerprint density at radius 3 is 1.92 bits per heavy atom. The lowest BCUT2D eigenvalue weighted by Crippen LogP contribution is -2.32. The van der Waals surface area contributed by atoms with Gasteiger partial charge in [-0.15, -0.1) is 0 Å². The summed E-state index contributed by atoms with van der Waals surface area (Å²) < 4.78 is 15.6. The molecule has 0 unspecified atom stereocenters. The van der Waals surface area contributed by atoms with Crippen molar-refractivity contribution in [2.45, 2.75) is 104 Å². The third kappa shape index (κ3) is 13.1. The molecule has 0 saturated heterocycles. The van der Waals surface area contributed by atoms with E-state index in [0.717, 1.165) is 13.2 Å². The summed E-state index contributed by atoms with van der Waals surface area (Å²) in [4.78, 5) is 0. The molecule has 4 nitrogen and oxygen atoms in total. The highest BCUT2D eigenvalue weighted by Crippen LogP contribution is 2.05. The van der Waals surface area contributed by atoms with Crippen LogP contribution in [0.2, 0.25) is 0 Å². The lowest BCUT2D eigenvalue weighted by Gasteiger charge is -2.03. The van der Waals surface area contributed by atoms with Gasteiger partial charge in [-0.1, -0.05) is 78.1 Å². The van der Waals surface area contributed by atoms with Gasteiger partial charge >= 0.3 is 0 Å². The van der Waals surface area contributed by atoms with Crippen molar-refractivity contribution >= 4 is 0 Å². The number of unbranched alkanes of at least 4 members (excludes halogenated alkanes) is 10. The Hall–Kier alpha value is -0.870. The second-order valence-corrected chi connectivity index (χ2v) is 7.05. The summed E-state index contributed by atoms with van der Waals surface area (Å²) in [6, 6.07) is 0. The Kier molecular flexibility index (Phi) is 14.7. The van der Waals surface area contributed by atoms with Crippen LogP contribution in [0.15, 0.2) is 18.7 Å². The van der Waals surface area contributed by atoms with Crippen molar-refractivity contribution in [3.05, 3.63) is 18.7 Å². The van der Waals surface area contributed by atoms with Gasteiger partial charge in [-0.05, 0) is 12.8 Å². The van der Waals surface area contributed by atoms with E-state index < -0.39 is 0 Å². The van der Waals surface area contributed by atoms with Gasteiger partial charge in [-0.3, -0.25) is 0 Å². The van der Waals surface area contributed by atoms with Crippen LogP contribution in [0.3, 0.4) is 0 Å². The second-order valence-electron chi connectivity index (χ2n) is 7.05. The molecule has 0 fully saturated rings. The first-order chi connectivity index (χ1) is 12.4. The van der Waals surface area contributed by atoms with E-state index in [1.807, 2.05) is 0 Å². The van der Waals surface area contributed by atoms with Gasteiger partial charge in [-0.2, -0.15) is 0 Å². The smallest absolute Gasteiger partial charge is 0.247 e. The Balaban J connectivity index is 1.93. The molecular weight excluding hydrogens is 312 g/mol. The quantitative estimate of drug-likeness (QED) is 0.259. The molecule has 0 aliphatic rings. The van der Waals surface area contributed by atoms with Gasteiger partial charge in [0.2, 0.25) is 6.33 Å². The van der Waals surface area contributed by atoms with Gasteiger partial charge in [-0.25, -0.2) is 9.13 Å². The molecule has 0 saturated carbocycles. The molecule has 0 N–H and O–H groups in total. The lowest BCUT2D eigenvalue weighted by atomic mass is 10.1. The van der Waals surface area contributed by atoms with Gasteiger partial charge in [0.15, 0.2) is 13.5 Å². The van der Waals surface area contributed by atoms with Crippen LogP contribution >= 0.6 is 0 Å². The number of aromatic nitrogens is 2. The number of nitrogens with zero attached hydrogens (tertiary/aromatic N) is 2. The third-order valence-corrected chi connectivity index (χ3v) is 4.51. The summed E-state index contributed by atoms with van der Waals surface area (Å²) in [6.45, 7) is 7.51. The Bertz CT molecular complexity index is 359. The molecule has 0 radical (unpaired) electrons. The third-order valence-electron chi connectivity index (χ3n) is 4.51. The van der Waals surface area contributed by atoms with Gasteiger partial charge in [0, 0.05) is 0 Å². The Morgan fingerprint density at radius 1 is 0.720 bits per heavy atom. The molecule has 0 atom stereocenters. The van der Waals surface area contributed by atoms with Gasteiger partial charge < -0.3 is 9.47 Å². The first kappa shape index (κ1) is 22.2. The second kappa shape index (κ2) is 16.6. The van der Waals surface area contributed by atoms with Gasteiger partial charge in [0.1, 0.15) is 12.4 Å². The van der Waals surface area contributed by atoms with Crippen LogP contribution in [0.4, 0.5) is 0 Å². The van der Waals surface area contributed by atoms with E-state index in [1.54, 1.807) is 0 Å². The summed E-state index contributed by atoms with van der Waals surface area (Å²) in [7, 11) is 0. The zero-order chi connectivity index (χ0) is 18.0. The maximum Gasteiger partial charge on any atom is 0.247 e. The topological polar surface area (TPSA) is 27.3 Å². The Morgan fingerprint density at radius 2 is 1.28 bits per heavy atom. The summed E-state index contributed by atoms with van der Waals surface area (Å²) in [5.41, 5.74) is 0. The minimum Gasteiger partial charge on any atom is -0.342 e. The van der Waals surface area contributed by atoms with Crippen LogP contribution in [-0.4, -0.2) is 17.8 Å². The van der Waals surface area contributed by atoms with Crippen LogP contribution in [0, 0.1) is 0 Å². The minimum absolute atomic E-state index is 0.638. The average Bonchev–Trinajstić information content (AvgIpc) is 3.07. The molecule has 1 aromatic heterocycles. The standard InChI is InChI=1S/C21H41N2O2/c1-3-5-7-9-11-13-17-24-20-22-15-16-23(19-22)21-25-18-14-12-10-8-6-4-2/h15-16,19H,3-14,17-18,20-21H2,1-2H3/q+1. The van der Waals surface area contributed by atoms with Crippen LogP contribution in [0.25, 0.3) is 0 Å². The summed E-state index contributed by atoms with van der Waals surface area (Å²) in [6.07, 6.45) is 21.9. The molecule has 25 heavy (non-hydrogen) atoms. The summed E-state index contributed by atoms with van der Waals surface area (Å²) in [5, 5.41) is 0. The van der Waals surface area contributed by atoms with Crippen molar-refractivity contribution < 1.29 is 14.0 Å². The highest BCUT2D eigenvalue weighted by Gasteiger charge is 2.03. The molecule has 0 aliphatic carbocycles. The minimum atomic E-state index is 0.638. The zero-order valence-electron chi connectivity index (χ0n) is 16.8. The molecular formula is C21H41N2O2+. The van der Waals surface area contributed by atoms with E-state index in [-0.39, 0.29) is 0 Å². The molecule has 1 rings (SSSR count). The van der Waals surface area contributed by atoms with E-state index in [0.29, 0.717) is 13.5 Å². The maximum atomic E-state index is 5.74. The molecule has 0 amide bonds. The summed E-state index contributed by atoms with van der Waals surface area (Å²) >= 11 is 0. The van der Waals surface area contributed by atoms with Crippen molar-refractivity contribution in [3.8, 4) is 0 Å². The number of hydrogen-bond donors (Lipinski definition) is 0. The lowest BCUT2D eigenvalue weighted by molar-refractivity contribution is -0.732. The Labute approximate surface area is 155 Å². The van der Waals surface area contributed by atoms with E-state index in [9.17, 15) is 0 Å². The molecule has 0 aromatic carbocycles. The SMILES string of the molecule is CCCCCCCCOCn1cc[n+](COCCCCCCCC)c1. The van der Waals surface area contributed by atoms with Crippen molar-refractivity contribution in [2.24, 2.45) is 0 Å². The average molecular weight is 354 g/mol. The van der Waals surface area contributed by atoms with E-state index in [2.05, 4.69) is 41.7 Å². The number of ether oxygens (including phenoxy) is 2. The molecule has 146 valence electrons. The maximum absolute atomic E-state index is 5.74. The molecule has 0 aliphatic heterocycles. The number of hydrogen-bond acceptors (Lipinski definition) is 2. The highest BCUT2D eigenvalue weighted by molar-refractivity contribution is 4.63. The fourth-order valence-corrected chi connectivity index (χ4v) is 2.90. The monoisotopic (exact) mass is 353 g/mol. The first-order valence-electron chi connectivity index (χ1n) is 10.6. The normalized spacial score (nSPS) is 11.3. The highest BCUT2D eigenvalue weighted by atomic mass is 16.5. The first-order valence-corrected chi connectivity index (χ1v) is 10.6. The van der Waals surface area contributed by atoms with Crippen molar-refractivity contribution in [1.82, 2.24) is 4.57 Å². The predicted molar refractivity (Wildman–Crippen MR) is 103 cm³/mol. The summed E-state index contributed by atoms with van der Waals surface area (Å²) in [5.74, 6) is 0. The van der Waals surface area contributed by atoms with Crippen LogP contribution in [0.5, 0.6) is 0 Å². The van der Waals surface area contributed by atoms with Gasteiger partial charge in [0.25, 0.3) is 0 Å². The zero-order valence-corrected chi connectivity index (χ0v) is 16.8. The molecule has 1 aromatic rings. The van der Waals surface area contributed by atoms with Crippen molar-refractivity contribution in [3.63, 3.8) is 0 Å². The number of rotatable bonds is 18. The van der Waals surface area contributed by atoms with Crippen LogP contribution < -0.4 is 4.57 Å². The largest absolute Gasteiger partial charge is 0.342 e. The van der Waals surface area contributed by atoms with Gasteiger partial charge in [0.05, 0.1) is 13.2 Å². The van der Waals surface area contributed by atoms with E-state index in [4.69, 9.17) is 9.47 Å². The molecule has 4 heteroatoms. The van der Waals surface area contributed by atoms with Crippen LogP contribution in [0.1, 0.15) is 90.9 Å². The van der Waals surface area contributed by atoms with Crippen molar-refractivity contribution in [2.75, 3.05) is 13.2 Å². The van der Waals surface area contributed by atoms with Crippen molar-refractivity contribution in [1.29, 1.82) is 0 Å². The predicted octanol–water partition coefficient (Wildman–Crippen LogP) is 5.44. The molecule has 0 bridgehead atoms. The fraction of sp³-hybridized carbons (Fsp3) is 0.857.